The summed E-state index contributed by atoms with van der Waals surface area (Å²) in [7, 11) is 0. The van der Waals surface area contributed by atoms with E-state index < -0.39 is 0 Å². The fourth-order valence-electron chi connectivity index (χ4n) is 3.01. The zero-order chi connectivity index (χ0) is 17.1. The van der Waals surface area contributed by atoms with Gasteiger partial charge < -0.3 is 13.7 Å². The van der Waals surface area contributed by atoms with E-state index in [0.29, 0.717) is 18.8 Å². The highest BCUT2D eigenvalue weighted by Crippen LogP contribution is 2.29. The molecule has 1 aliphatic carbocycles. The van der Waals surface area contributed by atoms with Gasteiger partial charge in [0.15, 0.2) is 5.78 Å². The maximum atomic E-state index is 12.7. The Labute approximate surface area is 145 Å². The molecule has 0 saturated carbocycles. The summed E-state index contributed by atoms with van der Waals surface area (Å²) in [6.07, 6.45) is 10.4. The highest BCUT2D eigenvalue weighted by Gasteiger charge is 2.22. The molecule has 1 aliphatic rings. The average Bonchev–Trinajstić information content (AvgIpc) is 3.31. The van der Waals surface area contributed by atoms with Crippen LogP contribution in [0.5, 0.6) is 5.75 Å². The van der Waals surface area contributed by atoms with Crippen LogP contribution in [0.15, 0.2) is 65.3 Å². The van der Waals surface area contributed by atoms with Crippen LogP contribution < -0.4 is 4.74 Å². The average molecular weight is 334 g/mol. The third-order valence-electron chi connectivity index (χ3n) is 4.31. The Morgan fingerprint density at radius 3 is 3.04 bits per heavy atom. The quantitative estimate of drug-likeness (QED) is 0.667. The summed E-state index contributed by atoms with van der Waals surface area (Å²) >= 11 is 0. The van der Waals surface area contributed by atoms with E-state index in [1.165, 1.54) is 0 Å². The SMILES string of the molecule is O=C1/C(=C\c2ccco2)CCc2cc(OCCn3ccnc3)ccc21. The van der Waals surface area contributed by atoms with Gasteiger partial charge in [0.2, 0.25) is 0 Å². The molecule has 3 aromatic rings. The Balaban J connectivity index is 1.46. The second-order valence-electron chi connectivity index (χ2n) is 5.98. The first-order chi connectivity index (χ1) is 12.3. The number of furan rings is 1. The first kappa shape index (κ1) is 15.4. The summed E-state index contributed by atoms with van der Waals surface area (Å²) in [5, 5.41) is 0. The number of Topliss-reactive ketones (excluding diaryl/α,β-unsaturated/α-hetero) is 1. The minimum absolute atomic E-state index is 0.0719. The van der Waals surface area contributed by atoms with Crippen molar-refractivity contribution in [3.05, 3.63) is 77.8 Å². The smallest absolute Gasteiger partial charge is 0.189 e. The number of fused-ring (bicyclic) bond motifs is 1. The lowest BCUT2D eigenvalue weighted by atomic mass is 9.86. The van der Waals surface area contributed by atoms with Gasteiger partial charge >= 0.3 is 0 Å². The van der Waals surface area contributed by atoms with Crippen molar-refractivity contribution in [3.8, 4) is 5.75 Å². The Bertz CT molecular complexity index is 893. The van der Waals surface area contributed by atoms with Crippen LogP contribution in [0, 0.1) is 0 Å². The van der Waals surface area contributed by atoms with E-state index in [1.54, 1.807) is 18.8 Å². The summed E-state index contributed by atoms with van der Waals surface area (Å²) in [6, 6.07) is 9.37. The molecule has 5 heteroatoms. The molecule has 2 aromatic heterocycles. The van der Waals surface area contributed by atoms with Crippen molar-refractivity contribution < 1.29 is 13.9 Å². The molecule has 0 bridgehead atoms. The molecule has 0 atom stereocenters. The van der Waals surface area contributed by atoms with Gasteiger partial charge in [0.25, 0.3) is 0 Å². The highest BCUT2D eigenvalue weighted by atomic mass is 16.5. The predicted molar refractivity (Wildman–Crippen MR) is 93.5 cm³/mol. The van der Waals surface area contributed by atoms with E-state index in [9.17, 15) is 4.79 Å². The van der Waals surface area contributed by atoms with Crippen molar-refractivity contribution in [2.45, 2.75) is 19.4 Å². The molecule has 1 aromatic carbocycles. The Morgan fingerprint density at radius 2 is 2.24 bits per heavy atom. The Morgan fingerprint density at radius 1 is 1.28 bits per heavy atom. The van der Waals surface area contributed by atoms with Crippen molar-refractivity contribution in [2.24, 2.45) is 0 Å². The Hall–Kier alpha value is -3.08. The molecule has 0 N–H and O–H groups in total. The summed E-state index contributed by atoms with van der Waals surface area (Å²) in [5.41, 5.74) is 2.59. The molecule has 0 unspecified atom stereocenters. The third-order valence-corrected chi connectivity index (χ3v) is 4.31. The highest BCUT2D eigenvalue weighted by molar-refractivity contribution is 6.13. The summed E-state index contributed by atoms with van der Waals surface area (Å²) in [4.78, 5) is 16.7. The number of aromatic nitrogens is 2. The number of benzene rings is 1. The first-order valence-corrected chi connectivity index (χ1v) is 8.30. The van der Waals surface area contributed by atoms with Crippen LogP contribution in [0.25, 0.3) is 6.08 Å². The zero-order valence-corrected chi connectivity index (χ0v) is 13.7. The molecule has 5 nitrogen and oxygen atoms in total. The largest absolute Gasteiger partial charge is 0.492 e. The molecule has 0 aliphatic heterocycles. The van der Waals surface area contributed by atoms with E-state index in [-0.39, 0.29) is 5.78 Å². The van der Waals surface area contributed by atoms with Gasteiger partial charge in [-0.05, 0) is 54.8 Å². The fourth-order valence-corrected chi connectivity index (χ4v) is 3.01. The monoisotopic (exact) mass is 334 g/mol. The molecular formula is C20H18N2O3. The van der Waals surface area contributed by atoms with Crippen LogP contribution in [0.4, 0.5) is 0 Å². The summed E-state index contributed by atoms with van der Waals surface area (Å²) in [5.74, 6) is 1.58. The van der Waals surface area contributed by atoms with Crippen LogP contribution in [-0.2, 0) is 13.0 Å². The van der Waals surface area contributed by atoms with Crippen LogP contribution >= 0.6 is 0 Å². The maximum absolute atomic E-state index is 12.7. The van der Waals surface area contributed by atoms with Crippen LogP contribution in [-0.4, -0.2) is 21.9 Å². The first-order valence-electron chi connectivity index (χ1n) is 8.30. The summed E-state index contributed by atoms with van der Waals surface area (Å²) in [6.45, 7) is 1.30. The van der Waals surface area contributed by atoms with Crippen molar-refractivity contribution in [3.63, 3.8) is 0 Å². The zero-order valence-electron chi connectivity index (χ0n) is 13.7. The summed E-state index contributed by atoms with van der Waals surface area (Å²) < 4.78 is 13.1. The number of carbonyl (C=O) groups is 1. The lowest BCUT2D eigenvalue weighted by molar-refractivity contribution is 0.102. The van der Waals surface area contributed by atoms with Gasteiger partial charge in [-0.2, -0.15) is 0 Å². The van der Waals surface area contributed by atoms with Gasteiger partial charge in [-0.25, -0.2) is 4.98 Å². The number of nitrogens with zero attached hydrogens (tertiary/aromatic N) is 2. The minimum Gasteiger partial charge on any atom is -0.492 e. The normalized spacial score (nSPS) is 15.4. The van der Waals surface area contributed by atoms with Gasteiger partial charge in [0, 0.05) is 23.5 Å². The van der Waals surface area contributed by atoms with Crippen molar-refractivity contribution in [2.75, 3.05) is 6.61 Å². The van der Waals surface area contributed by atoms with E-state index in [1.807, 2.05) is 47.2 Å². The molecule has 2 heterocycles. The van der Waals surface area contributed by atoms with Gasteiger partial charge in [-0.1, -0.05) is 0 Å². The number of imidazole rings is 1. The minimum atomic E-state index is 0.0719. The van der Waals surface area contributed by atoms with Crippen molar-refractivity contribution >= 4 is 11.9 Å². The van der Waals surface area contributed by atoms with E-state index >= 15 is 0 Å². The van der Waals surface area contributed by atoms with E-state index in [0.717, 1.165) is 35.4 Å². The number of ketones is 1. The third kappa shape index (κ3) is 3.40. The lowest BCUT2D eigenvalue weighted by Crippen LogP contribution is -2.14. The number of hydrogen-bond acceptors (Lipinski definition) is 4. The Kier molecular flexibility index (Phi) is 4.21. The number of rotatable bonds is 5. The van der Waals surface area contributed by atoms with E-state index in [4.69, 9.17) is 9.15 Å². The molecule has 0 fully saturated rings. The molecule has 0 spiro atoms. The van der Waals surface area contributed by atoms with Gasteiger partial charge in [-0.3, -0.25) is 4.79 Å². The molecule has 4 rings (SSSR count). The van der Waals surface area contributed by atoms with Crippen LogP contribution in [0.3, 0.4) is 0 Å². The molecule has 0 amide bonds. The second-order valence-corrected chi connectivity index (χ2v) is 5.98. The lowest BCUT2D eigenvalue weighted by Gasteiger charge is -2.18. The van der Waals surface area contributed by atoms with Crippen molar-refractivity contribution in [1.29, 1.82) is 0 Å². The number of ether oxygens (including phenoxy) is 1. The van der Waals surface area contributed by atoms with Crippen molar-refractivity contribution in [1.82, 2.24) is 9.55 Å². The van der Waals surface area contributed by atoms with Gasteiger partial charge in [0.1, 0.15) is 18.1 Å². The maximum Gasteiger partial charge on any atom is 0.189 e. The van der Waals surface area contributed by atoms with E-state index in [2.05, 4.69) is 4.98 Å². The van der Waals surface area contributed by atoms with Crippen LogP contribution in [0.1, 0.15) is 28.1 Å². The topological polar surface area (TPSA) is 57.3 Å². The number of allylic oxidation sites excluding steroid dienone is 1. The molecule has 126 valence electrons. The number of carbonyl (C=O) groups excluding carboxylic acids is 1. The predicted octanol–water partition coefficient (Wildman–Crippen LogP) is 3.77. The van der Waals surface area contributed by atoms with Crippen LogP contribution in [0.2, 0.25) is 0 Å². The second kappa shape index (κ2) is 6.81. The van der Waals surface area contributed by atoms with Gasteiger partial charge in [0.05, 0.1) is 19.1 Å². The molecular weight excluding hydrogens is 316 g/mol. The number of hydrogen-bond donors (Lipinski definition) is 0. The molecule has 0 radical (unpaired) electrons. The molecule has 0 saturated heterocycles. The standard InChI is InChI=1S/C20H18N2O3/c23-20-16(13-17-2-1-10-24-17)4-3-15-12-18(5-6-19(15)20)25-11-9-22-8-7-21-14-22/h1-2,5-8,10,12-14H,3-4,9,11H2/b16-13-. The fraction of sp³-hybridized carbons (Fsp3) is 0.200. The number of aryl methyl sites for hydroxylation is 1. The molecule has 25 heavy (non-hydrogen) atoms. The van der Waals surface area contributed by atoms with Gasteiger partial charge in [-0.15, -0.1) is 0 Å².